The van der Waals surface area contributed by atoms with Gasteiger partial charge < -0.3 is 5.73 Å². The lowest BCUT2D eigenvalue weighted by atomic mass is 9.86. The van der Waals surface area contributed by atoms with Gasteiger partial charge in [0, 0.05) is 24.7 Å². The van der Waals surface area contributed by atoms with E-state index in [9.17, 15) is 4.79 Å². The van der Waals surface area contributed by atoms with Crippen molar-refractivity contribution in [3.8, 4) is 0 Å². The van der Waals surface area contributed by atoms with E-state index in [-0.39, 0.29) is 5.91 Å². The van der Waals surface area contributed by atoms with E-state index in [1.165, 1.54) is 16.7 Å². The SMILES string of the molecule is Cc1cc(Cc2nc(Cc3ccc(C4CCN(CC(N)=O)CC4)c(C)c3)ncc2Cl)n[nH]1. The molecule has 4 rings (SSSR count). The Labute approximate surface area is 193 Å². The second kappa shape index (κ2) is 9.79. The Hall–Kier alpha value is -2.77. The Morgan fingerprint density at radius 2 is 2.00 bits per heavy atom. The molecule has 2 aromatic heterocycles. The smallest absolute Gasteiger partial charge is 0.231 e. The molecule has 1 fully saturated rings. The Balaban J connectivity index is 1.43. The number of benzene rings is 1. The molecule has 3 heterocycles. The molecule has 3 N–H and O–H groups in total. The molecule has 0 radical (unpaired) electrons. The van der Waals surface area contributed by atoms with Gasteiger partial charge in [-0.2, -0.15) is 5.10 Å². The van der Waals surface area contributed by atoms with Gasteiger partial charge in [-0.25, -0.2) is 9.97 Å². The van der Waals surface area contributed by atoms with Crippen LogP contribution in [0.2, 0.25) is 5.02 Å². The average Bonchev–Trinajstić information content (AvgIpc) is 3.16. The molecule has 32 heavy (non-hydrogen) atoms. The Kier molecular flexibility index (Phi) is 6.86. The summed E-state index contributed by atoms with van der Waals surface area (Å²) in [4.78, 5) is 22.4. The number of nitrogens with one attached hydrogen (secondary N) is 1. The average molecular weight is 453 g/mol. The molecular formula is C24H29ClN6O. The number of piperidine rings is 1. The monoisotopic (exact) mass is 452 g/mol. The molecule has 1 aliphatic heterocycles. The molecule has 0 unspecified atom stereocenters. The van der Waals surface area contributed by atoms with Gasteiger partial charge in [0.05, 0.1) is 23.0 Å². The number of hydrogen-bond acceptors (Lipinski definition) is 5. The van der Waals surface area contributed by atoms with Gasteiger partial charge in [-0.15, -0.1) is 0 Å². The number of likely N-dealkylation sites (tertiary alicyclic amines) is 1. The summed E-state index contributed by atoms with van der Waals surface area (Å²) in [5.74, 6) is 1.02. The van der Waals surface area contributed by atoms with E-state index < -0.39 is 0 Å². The van der Waals surface area contributed by atoms with E-state index in [4.69, 9.17) is 22.3 Å². The zero-order chi connectivity index (χ0) is 22.7. The third-order valence-corrected chi connectivity index (χ3v) is 6.39. The molecule has 7 nitrogen and oxygen atoms in total. The fraction of sp³-hybridized carbons (Fsp3) is 0.417. The second-order valence-corrected chi connectivity index (χ2v) is 9.09. The summed E-state index contributed by atoms with van der Waals surface area (Å²) in [7, 11) is 0. The third-order valence-electron chi connectivity index (χ3n) is 6.08. The predicted octanol–water partition coefficient (Wildman–Crippen LogP) is 3.32. The van der Waals surface area contributed by atoms with E-state index in [1.807, 2.05) is 13.0 Å². The van der Waals surface area contributed by atoms with Crippen molar-refractivity contribution in [2.75, 3.05) is 19.6 Å². The van der Waals surface area contributed by atoms with Crippen molar-refractivity contribution >= 4 is 17.5 Å². The highest BCUT2D eigenvalue weighted by Crippen LogP contribution is 2.31. The number of nitrogens with two attached hydrogens (primary N) is 1. The Morgan fingerprint density at radius 1 is 1.22 bits per heavy atom. The van der Waals surface area contributed by atoms with Gasteiger partial charge in [-0.3, -0.25) is 14.8 Å². The first kappa shape index (κ1) is 22.4. The molecule has 0 saturated carbocycles. The maximum absolute atomic E-state index is 11.2. The first-order valence-corrected chi connectivity index (χ1v) is 11.4. The van der Waals surface area contributed by atoms with E-state index in [0.29, 0.717) is 30.3 Å². The van der Waals surface area contributed by atoms with Gasteiger partial charge in [-0.05, 0) is 68.5 Å². The number of H-pyrrole nitrogens is 1. The minimum Gasteiger partial charge on any atom is -0.369 e. The summed E-state index contributed by atoms with van der Waals surface area (Å²) in [5, 5.41) is 7.79. The molecule has 1 aromatic carbocycles. The summed E-state index contributed by atoms with van der Waals surface area (Å²) >= 11 is 6.33. The maximum atomic E-state index is 11.2. The number of aromatic amines is 1. The summed E-state index contributed by atoms with van der Waals surface area (Å²) in [6.07, 6.45) is 5.00. The predicted molar refractivity (Wildman–Crippen MR) is 125 cm³/mol. The van der Waals surface area contributed by atoms with E-state index in [0.717, 1.165) is 48.8 Å². The third kappa shape index (κ3) is 5.53. The summed E-state index contributed by atoms with van der Waals surface area (Å²) in [5.41, 5.74) is 11.9. The molecule has 168 valence electrons. The van der Waals surface area contributed by atoms with Crippen LogP contribution in [0.1, 0.15) is 58.4 Å². The van der Waals surface area contributed by atoms with Crippen molar-refractivity contribution in [3.63, 3.8) is 0 Å². The van der Waals surface area contributed by atoms with Gasteiger partial charge in [0.2, 0.25) is 5.91 Å². The lowest BCUT2D eigenvalue weighted by Gasteiger charge is -2.32. The van der Waals surface area contributed by atoms with Gasteiger partial charge in [0.15, 0.2) is 0 Å². The molecule has 0 bridgehead atoms. The van der Waals surface area contributed by atoms with Crippen molar-refractivity contribution in [2.45, 2.75) is 45.4 Å². The van der Waals surface area contributed by atoms with Crippen molar-refractivity contribution in [2.24, 2.45) is 5.73 Å². The minimum absolute atomic E-state index is 0.254. The summed E-state index contributed by atoms with van der Waals surface area (Å²) in [6.45, 7) is 6.31. The van der Waals surface area contributed by atoms with E-state index >= 15 is 0 Å². The molecule has 3 aromatic rings. The van der Waals surface area contributed by atoms with Gasteiger partial charge >= 0.3 is 0 Å². The van der Waals surface area contributed by atoms with Crippen LogP contribution in [0.15, 0.2) is 30.5 Å². The van der Waals surface area contributed by atoms with E-state index in [2.05, 4.69) is 45.2 Å². The van der Waals surface area contributed by atoms with Crippen LogP contribution in [-0.4, -0.2) is 50.6 Å². The second-order valence-electron chi connectivity index (χ2n) is 8.68. The number of rotatable bonds is 7. The van der Waals surface area contributed by atoms with Crippen molar-refractivity contribution in [1.82, 2.24) is 25.1 Å². The van der Waals surface area contributed by atoms with Crippen LogP contribution in [0.4, 0.5) is 0 Å². The number of halogens is 1. The van der Waals surface area contributed by atoms with Crippen LogP contribution in [0.5, 0.6) is 0 Å². The quantitative estimate of drug-likeness (QED) is 0.572. The highest BCUT2D eigenvalue weighted by Gasteiger charge is 2.22. The number of aryl methyl sites for hydroxylation is 2. The van der Waals surface area contributed by atoms with Crippen LogP contribution in [0.3, 0.4) is 0 Å². The molecule has 0 aliphatic carbocycles. The van der Waals surface area contributed by atoms with E-state index in [1.54, 1.807) is 6.20 Å². The standard InChI is InChI=1S/C24H29ClN6O/c1-15-9-17(3-4-20(15)18-5-7-31(8-6-18)14-23(26)32)11-24-27-13-21(25)22(28-24)12-19-10-16(2)29-30-19/h3-4,9-10,13,18H,5-8,11-12,14H2,1-2H3,(H2,26,32)(H,29,30). The molecule has 0 atom stereocenters. The topological polar surface area (TPSA) is 101 Å². The normalized spacial score (nSPS) is 15.2. The highest BCUT2D eigenvalue weighted by atomic mass is 35.5. The Morgan fingerprint density at radius 3 is 2.66 bits per heavy atom. The molecule has 1 aliphatic rings. The molecule has 1 amide bonds. The van der Waals surface area contributed by atoms with Crippen LogP contribution in [0, 0.1) is 13.8 Å². The summed E-state index contributed by atoms with van der Waals surface area (Å²) < 4.78 is 0. The summed E-state index contributed by atoms with van der Waals surface area (Å²) in [6, 6.07) is 8.65. The molecule has 0 spiro atoms. The number of aromatic nitrogens is 4. The fourth-order valence-corrected chi connectivity index (χ4v) is 4.66. The highest BCUT2D eigenvalue weighted by molar-refractivity contribution is 6.31. The number of hydrogen-bond donors (Lipinski definition) is 2. The molecule has 8 heteroatoms. The van der Waals surface area contributed by atoms with Gasteiger partial charge in [-0.1, -0.05) is 29.8 Å². The lowest BCUT2D eigenvalue weighted by molar-refractivity contribution is -0.119. The van der Waals surface area contributed by atoms with Crippen molar-refractivity contribution in [3.05, 3.63) is 75.1 Å². The zero-order valence-corrected chi connectivity index (χ0v) is 19.3. The first-order valence-electron chi connectivity index (χ1n) is 11.0. The minimum atomic E-state index is -0.254. The number of primary amides is 1. The fourth-order valence-electron chi connectivity index (χ4n) is 4.50. The number of carbonyl (C=O) groups is 1. The van der Waals surface area contributed by atoms with Crippen LogP contribution in [-0.2, 0) is 17.6 Å². The molecular weight excluding hydrogens is 424 g/mol. The maximum Gasteiger partial charge on any atom is 0.231 e. The van der Waals surface area contributed by atoms with Crippen LogP contribution >= 0.6 is 11.6 Å². The lowest BCUT2D eigenvalue weighted by Crippen LogP contribution is -2.39. The Bertz CT molecular complexity index is 1100. The number of nitrogens with zero attached hydrogens (tertiary/aromatic N) is 4. The van der Waals surface area contributed by atoms with Crippen LogP contribution < -0.4 is 5.73 Å². The number of amides is 1. The van der Waals surface area contributed by atoms with Gasteiger partial charge in [0.25, 0.3) is 0 Å². The van der Waals surface area contributed by atoms with Crippen molar-refractivity contribution < 1.29 is 4.79 Å². The number of carbonyl (C=O) groups excluding carboxylic acids is 1. The largest absolute Gasteiger partial charge is 0.369 e. The van der Waals surface area contributed by atoms with Crippen molar-refractivity contribution in [1.29, 1.82) is 0 Å². The molecule has 1 saturated heterocycles. The van der Waals surface area contributed by atoms with Gasteiger partial charge in [0.1, 0.15) is 5.82 Å². The first-order chi connectivity index (χ1) is 15.4. The zero-order valence-electron chi connectivity index (χ0n) is 18.6. The van der Waals surface area contributed by atoms with Crippen LogP contribution in [0.25, 0.3) is 0 Å².